The van der Waals surface area contributed by atoms with Crippen molar-refractivity contribution in [1.29, 1.82) is 0 Å². The Hall–Kier alpha value is -4.23. The van der Waals surface area contributed by atoms with Gasteiger partial charge in [-0.05, 0) is 73.2 Å². The summed E-state index contributed by atoms with van der Waals surface area (Å²) in [4.78, 5) is 13.1. The van der Waals surface area contributed by atoms with Crippen LogP contribution in [0.25, 0.3) is 10.8 Å². The van der Waals surface area contributed by atoms with Gasteiger partial charge in [-0.3, -0.25) is 4.79 Å². The summed E-state index contributed by atoms with van der Waals surface area (Å²) in [5.41, 5.74) is 8.85. The first-order valence-electron chi connectivity index (χ1n) is 13.0. The normalized spacial score (nSPS) is 12.9. The van der Waals surface area contributed by atoms with Crippen LogP contribution in [0.3, 0.4) is 0 Å². The molecule has 38 heavy (non-hydrogen) atoms. The van der Waals surface area contributed by atoms with Gasteiger partial charge in [0.15, 0.2) is 5.75 Å². The smallest absolute Gasteiger partial charge is 0.259 e. The molecule has 0 saturated heterocycles. The Balaban J connectivity index is 1.64. The number of hydrogen-bond donors (Lipinski definition) is 3. The number of phenolic OH excluding ortho intramolecular Hbond substituents is 1. The summed E-state index contributed by atoms with van der Waals surface area (Å²) in [6.07, 6.45) is 2.74. The third kappa shape index (κ3) is 5.84. The fourth-order valence-corrected chi connectivity index (χ4v) is 4.53. The van der Waals surface area contributed by atoms with Crippen LogP contribution < -0.4 is 15.8 Å². The lowest BCUT2D eigenvalue weighted by Gasteiger charge is -2.28. The van der Waals surface area contributed by atoms with E-state index >= 15 is 0 Å². The summed E-state index contributed by atoms with van der Waals surface area (Å²) < 4.78 is 5.45. The van der Waals surface area contributed by atoms with Crippen LogP contribution in [-0.4, -0.2) is 17.6 Å². The summed E-state index contributed by atoms with van der Waals surface area (Å²) in [6, 6.07) is 23.8. The Morgan fingerprint density at radius 2 is 1.68 bits per heavy atom. The average Bonchev–Trinajstić information content (AvgIpc) is 2.93. The Morgan fingerprint density at radius 3 is 2.34 bits per heavy atom. The van der Waals surface area contributed by atoms with Crippen LogP contribution >= 0.6 is 0 Å². The molecular formula is C31H34N4O3. The zero-order chi connectivity index (χ0) is 27.1. The number of carbonyl (C=O) groups excluding carboxylic acids is 1. The summed E-state index contributed by atoms with van der Waals surface area (Å²) in [7, 11) is 0. The number of hydrogen-bond acceptors (Lipinski definition) is 6. The summed E-state index contributed by atoms with van der Waals surface area (Å²) in [5, 5.41) is 24.2. The minimum Gasteiger partial charge on any atom is -0.505 e. The second-order valence-corrected chi connectivity index (χ2v) is 9.26. The minimum absolute atomic E-state index is 0.109. The van der Waals surface area contributed by atoms with Crippen molar-refractivity contribution in [2.45, 2.75) is 45.6 Å². The van der Waals surface area contributed by atoms with Crippen LogP contribution in [-0.2, 0) is 5.54 Å². The number of aromatic hydroxyl groups is 1. The molecule has 1 atom stereocenters. The number of rotatable bonds is 10. The standard InChI is InChI=1S/C31H34N4O3/c1-4-19-31(32,5-2)22-11-13-24(14-12-22)34-35-28-26-10-8-7-9-21(26)20-27(29(28)36)30(37)33-23-15-17-25(18-16-23)38-6-3/h7-18,20,36H,4-6,19,32H2,1-3H3,(H,33,37)/b35-34-. The van der Waals surface area contributed by atoms with Gasteiger partial charge in [-0.25, -0.2) is 0 Å². The topological polar surface area (TPSA) is 109 Å². The molecule has 0 aliphatic heterocycles. The van der Waals surface area contributed by atoms with E-state index in [1.54, 1.807) is 30.3 Å². The minimum atomic E-state index is -0.451. The number of ether oxygens (including phenoxy) is 1. The van der Waals surface area contributed by atoms with Gasteiger partial charge in [0.1, 0.15) is 11.4 Å². The fourth-order valence-electron chi connectivity index (χ4n) is 4.53. The summed E-state index contributed by atoms with van der Waals surface area (Å²) >= 11 is 0. The largest absolute Gasteiger partial charge is 0.505 e. The molecular weight excluding hydrogens is 476 g/mol. The Kier molecular flexibility index (Phi) is 8.38. The molecule has 4 aromatic rings. The second kappa shape index (κ2) is 11.9. The van der Waals surface area contributed by atoms with Gasteiger partial charge in [-0.1, -0.05) is 56.7 Å². The molecule has 0 aromatic heterocycles. The highest BCUT2D eigenvalue weighted by Crippen LogP contribution is 2.40. The first kappa shape index (κ1) is 26.8. The van der Waals surface area contributed by atoms with E-state index in [2.05, 4.69) is 29.4 Å². The van der Waals surface area contributed by atoms with Crippen molar-refractivity contribution in [1.82, 2.24) is 0 Å². The van der Waals surface area contributed by atoms with Gasteiger partial charge in [-0.2, -0.15) is 5.11 Å². The number of anilines is 1. The van der Waals surface area contributed by atoms with Gasteiger partial charge in [0.05, 0.1) is 17.9 Å². The Labute approximate surface area is 223 Å². The predicted molar refractivity (Wildman–Crippen MR) is 153 cm³/mol. The van der Waals surface area contributed by atoms with Crippen molar-refractivity contribution in [2.75, 3.05) is 11.9 Å². The molecule has 0 heterocycles. The zero-order valence-electron chi connectivity index (χ0n) is 22.1. The lowest BCUT2D eigenvalue weighted by molar-refractivity contribution is 0.102. The quantitative estimate of drug-likeness (QED) is 0.188. The first-order valence-corrected chi connectivity index (χ1v) is 13.0. The number of nitrogens with one attached hydrogen (secondary N) is 1. The highest BCUT2D eigenvalue weighted by Gasteiger charge is 2.24. The van der Waals surface area contributed by atoms with Crippen molar-refractivity contribution in [3.63, 3.8) is 0 Å². The monoisotopic (exact) mass is 510 g/mol. The number of fused-ring (bicyclic) bond motifs is 1. The van der Waals surface area contributed by atoms with Crippen molar-refractivity contribution in [3.05, 3.63) is 90.0 Å². The van der Waals surface area contributed by atoms with Crippen molar-refractivity contribution in [2.24, 2.45) is 16.0 Å². The van der Waals surface area contributed by atoms with Crippen molar-refractivity contribution in [3.8, 4) is 11.5 Å². The van der Waals surface area contributed by atoms with Crippen LogP contribution in [0, 0.1) is 0 Å². The maximum atomic E-state index is 13.1. The molecule has 0 spiro atoms. The fraction of sp³-hybridized carbons (Fsp3) is 0.258. The number of nitrogens with two attached hydrogens (primary N) is 1. The van der Waals surface area contributed by atoms with E-state index in [0.717, 1.165) is 30.2 Å². The van der Waals surface area contributed by atoms with Crippen molar-refractivity contribution >= 4 is 33.7 Å². The molecule has 0 radical (unpaired) electrons. The van der Waals surface area contributed by atoms with Gasteiger partial charge in [0.25, 0.3) is 5.91 Å². The second-order valence-electron chi connectivity index (χ2n) is 9.26. The van der Waals surface area contributed by atoms with Crippen molar-refractivity contribution < 1.29 is 14.6 Å². The molecule has 4 N–H and O–H groups in total. The maximum Gasteiger partial charge on any atom is 0.259 e. The molecule has 0 aliphatic carbocycles. The SMILES string of the molecule is CCCC(N)(CC)c1ccc(/N=N\c2c(O)c(C(=O)Nc3ccc(OCC)cc3)cc3ccccc23)cc1. The van der Waals surface area contributed by atoms with Crippen LogP contribution in [0.1, 0.15) is 56.0 Å². The van der Waals surface area contributed by atoms with Gasteiger partial charge >= 0.3 is 0 Å². The summed E-state index contributed by atoms with van der Waals surface area (Å²) in [6.45, 7) is 6.69. The number of benzene rings is 4. The molecule has 7 heteroatoms. The van der Waals surface area contributed by atoms with Crippen LogP contribution in [0.5, 0.6) is 11.5 Å². The van der Waals surface area contributed by atoms with E-state index in [-0.39, 0.29) is 22.5 Å². The number of nitrogens with zero attached hydrogens (tertiary/aromatic N) is 2. The van der Waals surface area contributed by atoms with Gasteiger partial charge in [0, 0.05) is 16.6 Å². The van der Waals surface area contributed by atoms with Crippen LogP contribution in [0.2, 0.25) is 0 Å². The van der Waals surface area contributed by atoms with E-state index in [0.29, 0.717) is 29.1 Å². The molecule has 4 aromatic carbocycles. The maximum absolute atomic E-state index is 13.1. The van der Waals surface area contributed by atoms with E-state index in [1.807, 2.05) is 55.5 Å². The van der Waals surface area contributed by atoms with E-state index < -0.39 is 5.91 Å². The molecule has 0 aliphatic rings. The lowest BCUT2D eigenvalue weighted by Crippen LogP contribution is -2.35. The Bertz CT molecular complexity index is 1430. The average molecular weight is 511 g/mol. The molecule has 1 amide bonds. The molecule has 0 bridgehead atoms. The molecule has 0 fully saturated rings. The number of azo groups is 1. The van der Waals surface area contributed by atoms with E-state index in [4.69, 9.17) is 10.5 Å². The highest BCUT2D eigenvalue weighted by atomic mass is 16.5. The molecule has 0 saturated carbocycles. The lowest BCUT2D eigenvalue weighted by atomic mass is 9.84. The summed E-state index contributed by atoms with van der Waals surface area (Å²) in [5.74, 6) is 0.0300. The number of carbonyl (C=O) groups is 1. The van der Waals surface area contributed by atoms with Gasteiger partial charge < -0.3 is 20.9 Å². The zero-order valence-corrected chi connectivity index (χ0v) is 22.1. The highest BCUT2D eigenvalue weighted by molar-refractivity contribution is 6.11. The number of phenols is 1. The van der Waals surface area contributed by atoms with E-state index in [1.165, 1.54) is 0 Å². The third-order valence-corrected chi connectivity index (χ3v) is 6.70. The van der Waals surface area contributed by atoms with Crippen LogP contribution in [0.15, 0.2) is 89.1 Å². The third-order valence-electron chi connectivity index (χ3n) is 6.70. The molecule has 4 rings (SSSR count). The molecule has 196 valence electrons. The number of amides is 1. The molecule has 1 unspecified atom stereocenters. The molecule has 7 nitrogen and oxygen atoms in total. The van der Waals surface area contributed by atoms with Crippen LogP contribution in [0.4, 0.5) is 17.1 Å². The predicted octanol–water partition coefficient (Wildman–Crippen LogP) is 7.98. The van der Waals surface area contributed by atoms with Gasteiger partial charge in [-0.15, -0.1) is 5.11 Å². The van der Waals surface area contributed by atoms with Gasteiger partial charge in [0.2, 0.25) is 0 Å². The first-order chi connectivity index (χ1) is 18.4. The van der Waals surface area contributed by atoms with E-state index in [9.17, 15) is 9.90 Å². The Morgan fingerprint density at radius 1 is 0.974 bits per heavy atom.